The number of rotatable bonds is 5. The van der Waals surface area contributed by atoms with Crippen molar-refractivity contribution in [1.82, 2.24) is 4.98 Å². The lowest BCUT2D eigenvalue weighted by Crippen LogP contribution is -2.44. The molecular weight excluding hydrogens is 245 g/mol. The maximum absolute atomic E-state index is 12.4. The molecule has 0 spiro atoms. The van der Waals surface area contributed by atoms with Gasteiger partial charge in [0.15, 0.2) is 0 Å². The molecule has 1 heterocycles. The van der Waals surface area contributed by atoms with Crippen molar-refractivity contribution in [3.8, 4) is 5.88 Å². The van der Waals surface area contributed by atoms with Gasteiger partial charge in [0.05, 0.1) is 0 Å². The first-order chi connectivity index (χ1) is 8.30. The Morgan fingerprint density at radius 2 is 1.83 bits per heavy atom. The van der Waals surface area contributed by atoms with E-state index in [1.165, 1.54) is 12.1 Å². The predicted octanol–water partition coefficient (Wildman–Crippen LogP) is 3.00. The number of pyridine rings is 1. The summed E-state index contributed by atoms with van der Waals surface area (Å²) in [6.45, 7) is 3.97. The van der Waals surface area contributed by atoms with E-state index in [-0.39, 0.29) is 12.5 Å². The van der Waals surface area contributed by atoms with Crippen molar-refractivity contribution < 1.29 is 17.9 Å². The summed E-state index contributed by atoms with van der Waals surface area (Å²) in [4.78, 5) is 3.41. The Morgan fingerprint density at radius 3 is 2.33 bits per heavy atom. The summed E-state index contributed by atoms with van der Waals surface area (Å²) in [5, 5.41) is 0. The summed E-state index contributed by atoms with van der Waals surface area (Å²) in [5.74, 6) is -0.0541. The van der Waals surface area contributed by atoms with E-state index in [1.807, 2.05) is 13.8 Å². The second kappa shape index (κ2) is 5.56. The van der Waals surface area contributed by atoms with Crippen LogP contribution in [0.25, 0.3) is 0 Å². The molecule has 0 aromatic carbocycles. The van der Waals surface area contributed by atoms with Gasteiger partial charge in [-0.2, -0.15) is 13.2 Å². The smallest absolute Gasteiger partial charge is 0.433 e. The number of nitrogens with zero attached hydrogens (tertiary/aromatic N) is 1. The standard InChI is InChI=1S/C12H17F3N2O/c1-3-11(16,4-2)8-18-10-7-5-6-9(17-10)12(13,14)15/h5-7H,3-4,8,16H2,1-2H3. The second-order valence-electron chi connectivity index (χ2n) is 4.22. The van der Waals surface area contributed by atoms with Crippen LogP contribution in [0.4, 0.5) is 13.2 Å². The van der Waals surface area contributed by atoms with Gasteiger partial charge < -0.3 is 10.5 Å². The summed E-state index contributed by atoms with van der Waals surface area (Å²) in [5.41, 5.74) is 4.50. The van der Waals surface area contributed by atoms with Crippen LogP contribution in [0.2, 0.25) is 0 Å². The molecule has 1 aromatic rings. The Balaban J connectivity index is 2.75. The van der Waals surface area contributed by atoms with Crippen molar-refractivity contribution >= 4 is 0 Å². The number of halogens is 3. The van der Waals surface area contributed by atoms with E-state index in [0.717, 1.165) is 6.07 Å². The molecule has 102 valence electrons. The fraction of sp³-hybridized carbons (Fsp3) is 0.583. The van der Waals surface area contributed by atoms with Gasteiger partial charge in [-0.15, -0.1) is 0 Å². The van der Waals surface area contributed by atoms with Crippen LogP contribution in [0, 0.1) is 0 Å². The number of hydrogen-bond acceptors (Lipinski definition) is 3. The van der Waals surface area contributed by atoms with Crippen LogP contribution in [-0.2, 0) is 6.18 Å². The molecule has 0 aliphatic heterocycles. The molecule has 0 amide bonds. The van der Waals surface area contributed by atoms with Gasteiger partial charge in [0.2, 0.25) is 5.88 Å². The monoisotopic (exact) mass is 262 g/mol. The number of alkyl halides is 3. The van der Waals surface area contributed by atoms with Crippen LogP contribution in [0.1, 0.15) is 32.4 Å². The Labute approximate surface area is 104 Å². The van der Waals surface area contributed by atoms with E-state index in [2.05, 4.69) is 4.98 Å². The predicted molar refractivity (Wildman–Crippen MR) is 62.2 cm³/mol. The van der Waals surface area contributed by atoms with Gasteiger partial charge in [-0.25, -0.2) is 4.98 Å². The molecule has 6 heteroatoms. The number of ether oxygens (including phenoxy) is 1. The molecule has 0 fully saturated rings. The van der Waals surface area contributed by atoms with E-state index < -0.39 is 17.4 Å². The quantitative estimate of drug-likeness (QED) is 0.887. The molecule has 0 unspecified atom stereocenters. The normalized spacial score (nSPS) is 12.6. The van der Waals surface area contributed by atoms with E-state index in [9.17, 15) is 13.2 Å². The molecule has 0 aliphatic rings. The maximum atomic E-state index is 12.4. The van der Waals surface area contributed by atoms with E-state index in [0.29, 0.717) is 12.8 Å². The fourth-order valence-electron chi connectivity index (χ4n) is 1.32. The third kappa shape index (κ3) is 3.87. The van der Waals surface area contributed by atoms with E-state index in [4.69, 9.17) is 10.5 Å². The van der Waals surface area contributed by atoms with Crippen LogP contribution in [-0.4, -0.2) is 17.1 Å². The lowest BCUT2D eigenvalue weighted by Gasteiger charge is -2.26. The molecule has 0 aliphatic carbocycles. The molecule has 0 saturated carbocycles. The topological polar surface area (TPSA) is 48.1 Å². The van der Waals surface area contributed by atoms with Gasteiger partial charge in [0.25, 0.3) is 0 Å². The highest BCUT2D eigenvalue weighted by Crippen LogP contribution is 2.28. The van der Waals surface area contributed by atoms with Crippen LogP contribution in [0.3, 0.4) is 0 Å². The van der Waals surface area contributed by atoms with Gasteiger partial charge in [-0.3, -0.25) is 0 Å². The van der Waals surface area contributed by atoms with Crippen LogP contribution in [0.15, 0.2) is 18.2 Å². The molecule has 1 aromatic heterocycles. The summed E-state index contributed by atoms with van der Waals surface area (Å²) in [6.07, 6.45) is -3.10. The zero-order chi connectivity index (χ0) is 13.8. The first kappa shape index (κ1) is 14.8. The van der Waals surface area contributed by atoms with Crippen molar-refractivity contribution in [3.63, 3.8) is 0 Å². The molecule has 0 saturated heterocycles. The Hall–Kier alpha value is -1.30. The average molecular weight is 262 g/mol. The van der Waals surface area contributed by atoms with Crippen molar-refractivity contribution in [2.75, 3.05) is 6.61 Å². The highest BCUT2D eigenvalue weighted by atomic mass is 19.4. The van der Waals surface area contributed by atoms with Crippen LogP contribution in [0.5, 0.6) is 5.88 Å². The molecule has 1 rings (SSSR count). The molecule has 0 atom stereocenters. The third-order valence-corrected chi connectivity index (χ3v) is 2.93. The number of aromatic nitrogens is 1. The van der Waals surface area contributed by atoms with Gasteiger partial charge in [-0.1, -0.05) is 19.9 Å². The Kier molecular flexibility index (Phi) is 4.56. The van der Waals surface area contributed by atoms with Crippen molar-refractivity contribution in [3.05, 3.63) is 23.9 Å². The van der Waals surface area contributed by atoms with Crippen LogP contribution < -0.4 is 10.5 Å². The number of hydrogen-bond donors (Lipinski definition) is 1. The van der Waals surface area contributed by atoms with E-state index in [1.54, 1.807) is 0 Å². The minimum absolute atomic E-state index is 0.0541. The van der Waals surface area contributed by atoms with Gasteiger partial charge in [0.1, 0.15) is 12.3 Å². The third-order valence-electron chi connectivity index (χ3n) is 2.93. The van der Waals surface area contributed by atoms with Crippen molar-refractivity contribution in [2.24, 2.45) is 5.73 Å². The zero-order valence-corrected chi connectivity index (χ0v) is 10.4. The van der Waals surface area contributed by atoms with Gasteiger partial charge in [0, 0.05) is 11.6 Å². The maximum Gasteiger partial charge on any atom is 0.433 e. The molecule has 2 N–H and O–H groups in total. The molecular formula is C12H17F3N2O. The first-order valence-corrected chi connectivity index (χ1v) is 5.76. The van der Waals surface area contributed by atoms with Crippen LogP contribution >= 0.6 is 0 Å². The molecule has 18 heavy (non-hydrogen) atoms. The zero-order valence-electron chi connectivity index (χ0n) is 10.4. The summed E-state index contributed by atoms with van der Waals surface area (Å²) in [6, 6.07) is 3.56. The van der Waals surface area contributed by atoms with E-state index >= 15 is 0 Å². The minimum Gasteiger partial charge on any atom is -0.476 e. The minimum atomic E-state index is -4.46. The second-order valence-corrected chi connectivity index (χ2v) is 4.22. The highest BCUT2D eigenvalue weighted by Gasteiger charge is 2.32. The summed E-state index contributed by atoms with van der Waals surface area (Å²) < 4.78 is 42.5. The van der Waals surface area contributed by atoms with Gasteiger partial charge in [-0.05, 0) is 18.9 Å². The Bertz CT molecular complexity index is 389. The molecule has 0 radical (unpaired) electrons. The molecule has 0 bridgehead atoms. The first-order valence-electron chi connectivity index (χ1n) is 5.76. The number of nitrogens with two attached hydrogens (primary N) is 1. The summed E-state index contributed by atoms with van der Waals surface area (Å²) >= 11 is 0. The lowest BCUT2D eigenvalue weighted by atomic mass is 9.96. The molecule has 3 nitrogen and oxygen atoms in total. The largest absolute Gasteiger partial charge is 0.476 e. The van der Waals surface area contributed by atoms with Crippen molar-refractivity contribution in [2.45, 2.75) is 38.4 Å². The average Bonchev–Trinajstić information content (AvgIpc) is 2.35. The fourth-order valence-corrected chi connectivity index (χ4v) is 1.32. The Morgan fingerprint density at radius 1 is 1.22 bits per heavy atom. The summed E-state index contributed by atoms with van der Waals surface area (Å²) in [7, 11) is 0. The lowest BCUT2D eigenvalue weighted by molar-refractivity contribution is -0.141. The van der Waals surface area contributed by atoms with Crippen molar-refractivity contribution in [1.29, 1.82) is 0 Å². The van der Waals surface area contributed by atoms with Gasteiger partial charge >= 0.3 is 6.18 Å². The SMILES string of the molecule is CCC(N)(CC)COc1cccc(C(F)(F)F)n1. The highest BCUT2D eigenvalue weighted by molar-refractivity contribution is 5.17.